The van der Waals surface area contributed by atoms with Gasteiger partial charge in [0, 0.05) is 44.4 Å². The first-order chi connectivity index (χ1) is 11.2. The number of para-hydroxylation sites is 1. The van der Waals surface area contributed by atoms with Gasteiger partial charge in [0.25, 0.3) is 0 Å². The first kappa shape index (κ1) is 15.7. The summed E-state index contributed by atoms with van der Waals surface area (Å²) in [7, 11) is 3.46. The van der Waals surface area contributed by atoms with Crippen LogP contribution in [0, 0.1) is 0 Å². The van der Waals surface area contributed by atoms with Crippen molar-refractivity contribution in [3.8, 4) is 11.5 Å². The molecule has 0 fully saturated rings. The minimum atomic E-state index is -0.522. The molecule has 6 heteroatoms. The molecule has 0 spiro atoms. The van der Waals surface area contributed by atoms with Gasteiger partial charge in [-0.15, -0.1) is 0 Å². The molecule has 23 heavy (non-hydrogen) atoms. The van der Waals surface area contributed by atoms with Crippen LogP contribution in [0.4, 0.5) is 0 Å². The molecule has 0 amide bonds. The Labute approximate surface area is 134 Å². The molecule has 122 valence electrons. The van der Waals surface area contributed by atoms with Crippen molar-refractivity contribution < 1.29 is 14.3 Å². The predicted octanol–water partition coefficient (Wildman–Crippen LogP) is 1.93. The number of furan rings is 1. The van der Waals surface area contributed by atoms with E-state index in [1.807, 2.05) is 43.6 Å². The number of aliphatic hydroxyl groups is 1. The van der Waals surface area contributed by atoms with Gasteiger partial charge in [0.15, 0.2) is 5.76 Å². The Morgan fingerprint density at radius 1 is 1.39 bits per heavy atom. The van der Waals surface area contributed by atoms with Crippen molar-refractivity contribution >= 4 is 11.0 Å². The molecule has 1 aromatic carbocycles. The van der Waals surface area contributed by atoms with E-state index in [4.69, 9.17) is 9.15 Å². The fourth-order valence-corrected chi connectivity index (χ4v) is 2.60. The average Bonchev–Trinajstić information content (AvgIpc) is 3.10. The van der Waals surface area contributed by atoms with Gasteiger partial charge in [-0.3, -0.25) is 4.68 Å². The number of hydrogen-bond donors (Lipinski definition) is 2. The molecular formula is C17H21N3O3. The summed E-state index contributed by atoms with van der Waals surface area (Å²) in [6.07, 6.45) is 1.43. The number of aryl methyl sites for hydroxylation is 1. The van der Waals surface area contributed by atoms with Gasteiger partial charge in [-0.2, -0.15) is 5.10 Å². The maximum absolute atomic E-state index is 9.69. The third kappa shape index (κ3) is 3.61. The normalized spacial score (nSPS) is 12.8. The van der Waals surface area contributed by atoms with Crippen LogP contribution < -0.4 is 5.32 Å². The van der Waals surface area contributed by atoms with Crippen LogP contribution in [0.15, 0.2) is 40.9 Å². The van der Waals surface area contributed by atoms with Crippen molar-refractivity contribution in [2.75, 3.05) is 20.3 Å². The molecule has 0 saturated heterocycles. The van der Waals surface area contributed by atoms with Gasteiger partial charge in [-0.05, 0) is 12.1 Å². The minimum Gasteiger partial charge on any atom is -0.454 e. The number of aromatic nitrogens is 2. The first-order valence-corrected chi connectivity index (χ1v) is 7.56. The van der Waals surface area contributed by atoms with Crippen LogP contribution in [0.25, 0.3) is 22.4 Å². The molecule has 0 bridgehead atoms. The molecular weight excluding hydrogens is 294 g/mol. The van der Waals surface area contributed by atoms with Crippen molar-refractivity contribution in [2.45, 2.75) is 12.6 Å². The smallest absolute Gasteiger partial charge is 0.156 e. The van der Waals surface area contributed by atoms with Crippen molar-refractivity contribution in [3.63, 3.8) is 0 Å². The Kier molecular flexibility index (Phi) is 4.76. The summed E-state index contributed by atoms with van der Waals surface area (Å²) in [5, 5.41) is 18.5. The highest BCUT2D eigenvalue weighted by Crippen LogP contribution is 2.28. The molecule has 0 aliphatic carbocycles. The van der Waals surface area contributed by atoms with Gasteiger partial charge in [0.05, 0.1) is 12.7 Å². The van der Waals surface area contributed by atoms with Gasteiger partial charge in [-0.25, -0.2) is 0 Å². The molecule has 3 aromatic rings. The summed E-state index contributed by atoms with van der Waals surface area (Å²) >= 11 is 0. The lowest BCUT2D eigenvalue weighted by Crippen LogP contribution is -2.29. The lowest BCUT2D eigenvalue weighted by Gasteiger charge is -2.10. The maximum Gasteiger partial charge on any atom is 0.156 e. The van der Waals surface area contributed by atoms with E-state index in [1.54, 1.807) is 11.8 Å². The van der Waals surface area contributed by atoms with Crippen LogP contribution in [0.1, 0.15) is 5.56 Å². The number of benzene rings is 1. The number of ether oxygens (including phenoxy) is 1. The summed E-state index contributed by atoms with van der Waals surface area (Å²) in [4.78, 5) is 0. The second kappa shape index (κ2) is 6.95. The van der Waals surface area contributed by atoms with Crippen LogP contribution in [-0.2, 0) is 18.3 Å². The van der Waals surface area contributed by atoms with Gasteiger partial charge >= 0.3 is 0 Å². The second-order valence-electron chi connectivity index (χ2n) is 5.57. The molecule has 2 aromatic heterocycles. The number of hydrogen-bond acceptors (Lipinski definition) is 5. The Balaban J connectivity index is 1.77. The fraction of sp³-hybridized carbons (Fsp3) is 0.353. The summed E-state index contributed by atoms with van der Waals surface area (Å²) in [5.41, 5.74) is 2.69. The second-order valence-corrected chi connectivity index (χ2v) is 5.57. The van der Waals surface area contributed by atoms with Crippen LogP contribution in [-0.4, -0.2) is 41.3 Å². The van der Waals surface area contributed by atoms with E-state index in [0.29, 0.717) is 19.7 Å². The van der Waals surface area contributed by atoms with Crippen molar-refractivity contribution in [2.24, 2.45) is 7.05 Å². The molecule has 0 aliphatic heterocycles. The predicted molar refractivity (Wildman–Crippen MR) is 88.0 cm³/mol. The van der Waals surface area contributed by atoms with E-state index in [-0.39, 0.29) is 0 Å². The third-order valence-electron chi connectivity index (χ3n) is 3.62. The average molecular weight is 315 g/mol. The highest BCUT2D eigenvalue weighted by molar-refractivity contribution is 5.82. The number of rotatable bonds is 7. The number of nitrogens with zero attached hydrogens (tertiary/aromatic N) is 2. The van der Waals surface area contributed by atoms with Crippen molar-refractivity contribution in [1.29, 1.82) is 0 Å². The molecule has 6 nitrogen and oxygen atoms in total. The first-order valence-electron chi connectivity index (χ1n) is 7.56. The number of fused-ring (bicyclic) bond motifs is 1. The van der Waals surface area contributed by atoms with Gasteiger partial charge in [-0.1, -0.05) is 18.2 Å². The zero-order valence-electron chi connectivity index (χ0n) is 13.3. The standard InChI is InChI=1S/C17H21N3O3/c1-20-10-13(8-18-9-14(21)11-22-2)17(19-20)16-7-12-5-3-4-6-15(12)23-16/h3-7,10,14,18,21H,8-9,11H2,1-2H3. The van der Waals surface area contributed by atoms with Gasteiger partial charge in [0.1, 0.15) is 11.3 Å². The molecule has 2 heterocycles. The van der Waals surface area contributed by atoms with Crippen molar-refractivity contribution in [3.05, 3.63) is 42.1 Å². The topological polar surface area (TPSA) is 72.5 Å². The molecule has 3 rings (SSSR count). The molecule has 0 saturated carbocycles. The van der Waals surface area contributed by atoms with Gasteiger partial charge < -0.3 is 19.6 Å². The van der Waals surface area contributed by atoms with E-state index in [9.17, 15) is 5.11 Å². The largest absolute Gasteiger partial charge is 0.454 e. The van der Waals surface area contributed by atoms with E-state index in [0.717, 1.165) is 28.0 Å². The van der Waals surface area contributed by atoms with Gasteiger partial charge in [0.2, 0.25) is 0 Å². The number of nitrogens with one attached hydrogen (secondary N) is 1. The maximum atomic E-state index is 9.69. The van der Waals surface area contributed by atoms with Crippen LogP contribution in [0.3, 0.4) is 0 Å². The Morgan fingerprint density at radius 2 is 2.22 bits per heavy atom. The van der Waals surface area contributed by atoms with Crippen LogP contribution >= 0.6 is 0 Å². The molecule has 2 N–H and O–H groups in total. The lowest BCUT2D eigenvalue weighted by molar-refractivity contribution is 0.0644. The highest BCUT2D eigenvalue weighted by Gasteiger charge is 2.15. The Bertz CT molecular complexity index is 745. The molecule has 1 unspecified atom stereocenters. The zero-order valence-corrected chi connectivity index (χ0v) is 13.3. The third-order valence-corrected chi connectivity index (χ3v) is 3.62. The van der Waals surface area contributed by atoms with E-state index in [2.05, 4.69) is 10.4 Å². The summed E-state index contributed by atoms with van der Waals surface area (Å²) in [6, 6.07) is 9.90. The SMILES string of the molecule is COCC(O)CNCc1cn(C)nc1-c1cc2ccccc2o1. The lowest BCUT2D eigenvalue weighted by atomic mass is 10.2. The Hall–Kier alpha value is -2.15. The van der Waals surface area contributed by atoms with E-state index < -0.39 is 6.10 Å². The molecule has 0 aliphatic rings. The minimum absolute atomic E-state index is 0.316. The van der Waals surface area contributed by atoms with E-state index in [1.165, 1.54) is 0 Å². The van der Waals surface area contributed by atoms with Crippen molar-refractivity contribution in [1.82, 2.24) is 15.1 Å². The highest BCUT2D eigenvalue weighted by atomic mass is 16.5. The Morgan fingerprint density at radius 3 is 3.00 bits per heavy atom. The molecule has 0 radical (unpaired) electrons. The fourth-order valence-electron chi connectivity index (χ4n) is 2.60. The van der Waals surface area contributed by atoms with Crippen LogP contribution in [0.5, 0.6) is 0 Å². The summed E-state index contributed by atoms with van der Waals surface area (Å²) in [6.45, 7) is 1.37. The number of aliphatic hydroxyl groups excluding tert-OH is 1. The summed E-state index contributed by atoms with van der Waals surface area (Å²) in [5.74, 6) is 0.751. The van der Waals surface area contributed by atoms with Crippen LogP contribution in [0.2, 0.25) is 0 Å². The van der Waals surface area contributed by atoms with E-state index >= 15 is 0 Å². The quantitative estimate of drug-likeness (QED) is 0.697. The molecule has 1 atom stereocenters. The zero-order chi connectivity index (χ0) is 16.2. The summed E-state index contributed by atoms with van der Waals surface area (Å²) < 4.78 is 12.6. The number of methoxy groups -OCH3 is 1. The monoisotopic (exact) mass is 315 g/mol.